The first-order chi connectivity index (χ1) is 13.4. The van der Waals surface area contributed by atoms with Crippen molar-refractivity contribution in [2.24, 2.45) is 0 Å². The fraction of sp³-hybridized carbons (Fsp3) is 0.263. The summed E-state index contributed by atoms with van der Waals surface area (Å²) in [4.78, 5) is 16.6. The van der Waals surface area contributed by atoms with Crippen LogP contribution in [-0.2, 0) is 4.79 Å². The fourth-order valence-corrected chi connectivity index (χ4v) is 3.87. The van der Waals surface area contributed by atoms with Crippen LogP contribution in [0.1, 0.15) is 17.9 Å². The van der Waals surface area contributed by atoms with Gasteiger partial charge in [-0.25, -0.2) is 4.98 Å². The highest BCUT2D eigenvalue weighted by Gasteiger charge is 2.41. The molecule has 0 radical (unpaired) electrons. The predicted octanol–water partition coefficient (Wildman–Crippen LogP) is 4.74. The smallest absolute Gasteiger partial charge is 0.396 e. The first kappa shape index (κ1) is 18.5. The molecule has 0 saturated heterocycles. The minimum atomic E-state index is -4.53. The van der Waals surface area contributed by atoms with Gasteiger partial charge in [0.2, 0.25) is 5.91 Å². The highest BCUT2D eigenvalue weighted by Crippen LogP contribution is 2.39. The van der Waals surface area contributed by atoms with E-state index in [0.717, 1.165) is 4.70 Å². The summed E-state index contributed by atoms with van der Waals surface area (Å²) in [6.45, 7) is 0.879. The zero-order valence-electron chi connectivity index (χ0n) is 14.5. The Labute approximate surface area is 162 Å². The van der Waals surface area contributed by atoms with E-state index in [2.05, 4.69) is 10.3 Å². The number of carbonyl (C=O) groups is 1. The van der Waals surface area contributed by atoms with Crippen molar-refractivity contribution in [1.82, 2.24) is 4.98 Å². The molecule has 146 valence electrons. The molecule has 4 rings (SSSR count). The summed E-state index contributed by atoms with van der Waals surface area (Å²) >= 11 is 1.17. The van der Waals surface area contributed by atoms with Crippen LogP contribution in [0, 0.1) is 0 Å². The number of nitrogens with one attached hydrogen (secondary N) is 1. The van der Waals surface area contributed by atoms with Gasteiger partial charge in [0.1, 0.15) is 13.2 Å². The van der Waals surface area contributed by atoms with Gasteiger partial charge >= 0.3 is 6.18 Å². The summed E-state index contributed by atoms with van der Waals surface area (Å²) in [5.74, 6) is -1.48. The highest BCUT2D eigenvalue weighted by molar-refractivity contribution is 7.22. The van der Waals surface area contributed by atoms with Crippen LogP contribution >= 0.6 is 11.3 Å². The van der Waals surface area contributed by atoms with Crippen LogP contribution in [0.15, 0.2) is 42.5 Å². The predicted molar refractivity (Wildman–Crippen MR) is 99.1 cm³/mol. The van der Waals surface area contributed by atoms with E-state index in [1.54, 1.807) is 18.2 Å². The molecule has 5 nitrogen and oxygen atoms in total. The monoisotopic (exact) mass is 408 g/mol. The van der Waals surface area contributed by atoms with Crippen LogP contribution in [0.25, 0.3) is 10.2 Å². The van der Waals surface area contributed by atoms with Gasteiger partial charge in [-0.05, 0) is 5.56 Å². The molecule has 1 amide bonds. The number of hydrogen-bond acceptors (Lipinski definition) is 5. The third-order valence-corrected chi connectivity index (χ3v) is 5.22. The third-order valence-electron chi connectivity index (χ3n) is 4.29. The molecule has 0 spiro atoms. The van der Waals surface area contributed by atoms with Gasteiger partial charge in [-0.3, -0.25) is 4.79 Å². The summed E-state index contributed by atoms with van der Waals surface area (Å²) in [6.07, 6.45) is -5.24. The number of hydrogen-bond donors (Lipinski definition) is 1. The Bertz CT molecular complexity index is 962. The average molecular weight is 408 g/mol. The fourth-order valence-electron chi connectivity index (χ4n) is 2.98. The largest absolute Gasteiger partial charge is 0.486 e. The Balaban J connectivity index is 1.52. The number of carbonyl (C=O) groups excluding carboxylic acids is 1. The molecule has 1 N–H and O–H groups in total. The van der Waals surface area contributed by atoms with E-state index in [9.17, 15) is 18.0 Å². The lowest BCUT2D eigenvalue weighted by Gasteiger charge is -2.20. The maximum atomic E-state index is 13.4. The second-order valence-electron chi connectivity index (χ2n) is 6.24. The lowest BCUT2D eigenvalue weighted by atomic mass is 9.95. The molecule has 2 heterocycles. The summed E-state index contributed by atoms with van der Waals surface area (Å²) in [6, 6.07) is 10.8. The van der Waals surface area contributed by atoms with Crippen LogP contribution in [-0.4, -0.2) is 30.3 Å². The third kappa shape index (κ3) is 3.89. The molecule has 1 aromatic heterocycles. The lowest BCUT2D eigenvalue weighted by Crippen LogP contribution is -2.26. The normalized spacial score (nSPS) is 14.7. The van der Waals surface area contributed by atoms with Crippen molar-refractivity contribution < 1.29 is 27.4 Å². The van der Waals surface area contributed by atoms with Crippen molar-refractivity contribution in [1.29, 1.82) is 0 Å². The van der Waals surface area contributed by atoms with E-state index in [4.69, 9.17) is 9.47 Å². The Morgan fingerprint density at radius 3 is 2.50 bits per heavy atom. The van der Waals surface area contributed by atoms with Crippen LogP contribution in [0.3, 0.4) is 0 Å². The Kier molecular flexibility index (Phi) is 4.84. The molecule has 0 aliphatic carbocycles. The number of fused-ring (bicyclic) bond motifs is 2. The minimum Gasteiger partial charge on any atom is -0.486 e. The number of thiazole rings is 1. The number of alkyl halides is 3. The molecule has 0 saturated carbocycles. The molecule has 0 bridgehead atoms. The van der Waals surface area contributed by atoms with Crippen molar-refractivity contribution in [3.63, 3.8) is 0 Å². The number of benzene rings is 2. The molecule has 1 atom stereocenters. The van der Waals surface area contributed by atoms with Gasteiger partial charge in [0, 0.05) is 18.6 Å². The molecular weight excluding hydrogens is 393 g/mol. The zero-order valence-corrected chi connectivity index (χ0v) is 15.3. The SMILES string of the molecule is O=C(C[C@@H](c1ccccc1)C(F)(F)F)Nc1nc2cc3c(cc2s1)OCCO3. The summed E-state index contributed by atoms with van der Waals surface area (Å²) in [5.41, 5.74) is 0.636. The highest BCUT2D eigenvalue weighted by atomic mass is 32.1. The van der Waals surface area contributed by atoms with Crippen molar-refractivity contribution >= 4 is 32.6 Å². The van der Waals surface area contributed by atoms with Gasteiger partial charge in [-0.1, -0.05) is 41.7 Å². The quantitative estimate of drug-likeness (QED) is 0.677. The number of anilines is 1. The van der Waals surface area contributed by atoms with Crippen molar-refractivity contribution in [2.75, 3.05) is 18.5 Å². The molecule has 1 aliphatic rings. The van der Waals surface area contributed by atoms with Crippen molar-refractivity contribution in [3.05, 3.63) is 48.0 Å². The maximum Gasteiger partial charge on any atom is 0.396 e. The maximum absolute atomic E-state index is 13.4. The summed E-state index contributed by atoms with van der Waals surface area (Å²) < 4.78 is 52.0. The average Bonchev–Trinajstić information content (AvgIpc) is 3.04. The van der Waals surface area contributed by atoms with Crippen LogP contribution in [0.2, 0.25) is 0 Å². The van der Waals surface area contributed by atoms with Crippen LogP contribution in [0.4, 0.5) is 18.3 Å². The minimum absolute atomic E-state index is 0.0522. The Morgan fingerprint density at radius 1 is 1.14 bits per heavy atom. The number of amides is 1. The summed E-state index contributed by atoms with van der Waals surface area (Å²) in [5, 5.41) is 2.71. The number of nitrogens with zero attached hydrogens (tertiary/aromatic N) is 1. The van der Waals surface area contributed by atoms with Gasteiger partial charge in [-0.2, -0.15) is 13.2 Å². The van der Waals surface area contributed by atoms with E-state index < -0.39 is 24.4 Å². The molecule has 0 unspecified atom stereocenters. The molecule has 1 aliphatic heterocycles. The molecule has 2 aromatic carbocycles. The number of rotatable bonds is 4. The molecule has 28 heavy (non-hydrogen) atoms. The Morgan fingerprint density at radius 2 is 1.82 bits per heavy atom. The summed E-state index contributed by atoms with van der Waals surface area (Å²) in [7, 11) is 0. The van der Waals surface area contributed by atoms with Gasteiger partial charge in [-0.15, -0.1) is 0 Å². The molecule has 3 aromatic rings. The standard InChI is InChI=1S/C19H15F3N2O3S/c20-19(21,22)12(11-4-2-1-3-5-11)8-17(25)24-18-23-13-9-14-15(10-16(13)28-18)27-7-6-26-14/h1-5,9-10,12H,6-8H2,(H,23,24,25)/t12-/m0/s1. The number of halogens is 3. The molecular formula is C19H15F3N2O3S. The Hall–Kier alpha value is -2.81. The van der Waals surface area contributed by atoms with E-state index >= 15 is 0 Å². The van der Waals surface area contributed by atoms with Gasteiger partial charge in [0.25, 0.3) is 0 Å². The molecule has 0 fully saturated rings. The lowest BCUT2D eigenvalue weighted by molar-refractivity contribution is -0.155. The van der Waals surface area contributed by atoms with Crippen molar-refractivity contribution in [3.8, 4) is 11.5 Å². The second kappa shape index (κ2) is 7.31. The van der Waals surface area contributed by atoms with E-state index in [0.29, 0.717) is 30.2 Å². The zero-order chi connectivity index (χ0) is 19.7. The number of ether oxygens (including phenoxy) is 2. The van der Waals surface area contributed by atoms with Gasteiger partial charge in [0.05, 0.1) is 16.1 Å². The van der Waals surface area contributed by atoms with Crippen LogP contribution in [0.5, 0.6) is 11.5 Å². The first-order valence-electron chi connectivity index (χ1n) is 8.52. The molecule has 9 heteroatoms. The van der Waals surface area contributed by atoms with E-state index in [1.807, 2.05) is 0 Å². The van der Waals surface area contributed by atoms with Crippen molar-refractivity contribution in [2.45, 2.75) is 18.5 Å². The van der Waals surface area contributed by atoms with Gasteiger partial charge in [0.15, 0.2) is 16.6 Å². The first-order valence-corrected chi connectivity index (χ1v) is 9.33. The van der Waals surface area contributed by atoms with Gasteiger partial charge < -0.3 is 14.8 Å². The van der Waals surface area contributed by atoms with E-state index in [-0.39, 0.29) is 10.7 Å². The number of aromatic nitrogens is 1. The van der Waals surface area contributed by atoms with Crippen LogP contribution < -0.4 is 14.8 Å². The topological polar surface area (TPSA) is 60.5 Å². The van der Waals surface area contributed by atoms with E-state index in [1.165, 1.54) is 35.6 Å². The second-order valence-corrected chi connectivity index (χ2v) is 7.27.